The maximum Gasteiger partial charge on any atom is 0.339 e. The maximum atomic E-state index is 12.0. The molecular formula is C14H20O3. The Hall–Kier alpha value is -1.35. The van der Waals surface area contributed by atoms with Crippen LogP contribution in [-0.4, -0.2) is 16.7 Å². The van der Waals surface area contributed by atoms with Gasteiger partial charge in [-0.05, 0) is 51.3 Å². The fourth-order valence-electron chi connectivity index (χ4n) is 1.80. The smallest absolute Gasteiger partial charge is 0.339 e. The van der Waals surface area contributed by atoms with Crippen LogP contribution < -0.4 is 0 Å². The molecule has 0 unspecified atom stereocenters. The number of hydrogen-bond acceptors (Lipinski definition) is 3. The topological polar surface area (TPSA) is 46.5 Å². The summed E-state index contributed by atoms with van der Waals surface area (Å²) >= 11 is 0. The van der Waals surface area contributed by atoms with Crippen LogP contribution in [0.15, 0.2) is 12.1 Å². The van der Waals surface area contributed by atoms with Gasteiger partial charge in [0.1, 0.15) is 5.60 Å². The highest BCUT2D eigenvalue weighted by molar-refractivity contribution is 5.93. The van der Waals surface area contributed by atoms with Gasteiger partial charge >= 0.3 is 5.97 Å². The van der Waals surface area contributed by atoms with Crippen LogP contribution in [0.1, 0.15) is 47.8 Å². The van der Waals surface area contributed by atoms with Gasteiger partial charge in [-0.1, -0.05) is 12.1 Å². The van der Waals surface area contributed by atoms with E-state index < -0.39 is 5.60 Å². The first kappa shape index (κ1) is 13.7. The second-order valence-corrected chi connectivity index (χ2v) is 5.26. The minimum Gasteiger partial charge on any atom is -0.456 e. The van der Waals surface area contributed by atoms with Crippen LogP contribution >= 0.6 is 0 Å². The molecule has 0 atom stereocenters. The fraction of sp³-hybridized carbons (Fsp3) is 0.500. The van der Waals surface area contributed by atoms with E-state index in [0.29, 0.717) is 5.56 Å². The zero-order valence-electron chi connectivity index (χ0n) is 11.1. The molecule has 3 nitrogen and oxygen atoms in total. The van der Waals surface area contributed by atoms with Gasteiger partial charge < -0.3 is 9.84 Å². The third-order valence-electron chi connectivity index (χ3n) is 2.38. The molecule has 0 aliphatic rings. The van der Waals surface area contributed by atoms with Gasteiger partial charge in [-0.25, -0.2) is 4.79 Å². The molecule has 94 valence electrons. The van der Waals surface area contributed by atoms with Crippen molar-refractivity contribution in [1.82, 2.24) is 0 Å². The number of aliphatic hydroxyl groups is 1. The molecule has 0 radical (unpaired) electrons. The Morgan fingerprint density at radius 2 is 1.71 bits per heavy atom. The summed E-state index contributed by atoms with van der Waals surface area (Å²) in [4.78, 5) is 12.0. The zero-order chi connectivity index (χ0) is 13.2. The van der Waals surface area contributed by atoms with E-state index in [1.165, 1.54) is 0 Å². The third kappa shape index (κ3) is 3.56. The number of ether oxygens (including phenoxy) is 1. The SMILES string of the molecule is Cc1cc(CO)cc(C)c1C(=O)OC(C)(C)C. The van der Waals surface area contributed by atoms with Gasteiger partial charge in [0.25, 0.3) is 0 Å². The van der Waals surface area contributed by atoms with Crippen LogP contribution in [0.3, 0.4) is 0 Å². The average molecular weight is 236 g/mol. The van der Waals surface area contributed by atoms with Gasteiger partial charge in [-0.15, -0.1) is 0 Å². The number of rotatable bonds is 2. The molecule has 1 aromatic carbocycles. The highest BCUT2D eigenvalue weighted by Crippen LogP contribution is 2.20. The largest absolute Gasteiger partial charge is 0.456 e. The first-order valence-electron chi connectivity index (χ1n) is 5.69. The molecule has 0 spiro atoms. The van der Waals surface area contributed by atoms with E-state index in [-0.39, 0.29) is 12.6 Å². The summed E-state index contributed by atoms with van der Waals surface area (Å²) in [5.41, 5.74) is 2.59. The standard InChI is InChI=1S/C14H20O3/c1-9-6-11(8-15)7-10(2)12(9)13(16)17-14(3,4)5/h6-7,15H,8H2,1-5H3. The molecule has 0 amide bonds. The Balaban J connectivity index is 3.10. The summed E-state index contributed by atoms with van der Waals surface area (Å²) in [6.07, 6.45) is 0. The van der Waals surface area contributed by atoms with E-state index in [4.69, 9.17) is 9.84 Å². The second-order valence-electron chi connectivity index (χ2n) is 5.26. The van der Waals surface area contributed by atoms with Crippen molar-refractivity contribution < 1.29 is 14.6 Å². The molecule has 0 aliphatic heterocycles. The predicted molar refractivity (Wildman–Crippen MR) is 67.0 cm³/mol. The number of carbonyl (C=O) groups is 1. The van der Waals surface area contributed by atoms with Crippen LogP contribution in [0.5, 0.6) is 0 Å². The number of carbonyl (C=O) groups excluding carboxylic acids is 1. The molecule has 0 aromatic heterocycles. The van der Waals surface area contributed by atoms with Crippen molar-refractivity contribution in [2.24, 2.45) is 0 Å². The van der Waals surface area contributed by atoms with E-state index in [9.17, 15) is 4.79 Å². The van der Waals surface area contributed by atoms with Crippen LogP contribution in [-0.2, 0) is 11.3 Å². The monoisotopic (exact) mass is 236 g/mol. The van der Waals surface area contributed by atoms with Gasteiger partial charge in [-0.2, -0.15) is 0 Å². The average Bonchev–Trinajstić information content (AvgIpc) is 2.13. The number of hydrogen-bond donors (Lipinski definition) is 1. The highest BCUT2D eigenvalue weighted by Gasteiger charge is 2.21. The van der Waals surface area contributed by atoms with Crippen molar-refractivity contribution in [2.45, 2.75) is 46.8 Å². The molecule has 0 saturated heterocycles. The van der Waals surface area contributed by atoms with E-state index in [0.717, 1.165) is 16.7 Å². The molecule has 0 aliphatic carbocycles. The Labute approximate surface area is 102 Å². The summed E-state index contributed by atoms with van der Waals surface area (Å²) in [7, 11) is 0. The molecule has 17 heavy (non-hydrogen) atoms. The lowest BCUT2D eigenvalue weighted by molar-refractivity contribution is 0.00679. The van der Waals surface area contributed by atoms with Crippen LogP contribution in [0.25, 0.3) is 0 Å². The van der Waals surface area contributed by atoms with Crippen LogP contribution in [0.4, 0.5) is 0 Å². The lowest BCUT2D eigenvalue weighted by Crippen LogP contribution is -2.25. The Morgan fingerprint density at radius 3 is 2.06 bits per heavy atom. The van der Waals surface area contributed by atoms with Crippen molar-refractivity contribution in [1.29, 1.82) is 0 Å². The summed E-state index contributed by atoms with van der Waals surface area (Å²) in [5, 5.41) is 9.09. The van der Waals surface area contributed by atoms with Crippen molar-refractivity contribution in [3.63, 3.8) is 0 Å². The lowest BCUT2D eigenvalue weighted by atomic mass is 9.99. The Kier molecular flexibility index (Phi) is 3.94. The van der Waals surface area contributed by atoms with Gasteiger partial charge in [-0.3, -0.25) is 0 Å². The summed E-state index contributed by atoms with van der Waals surface area (Å²) < 4.78 is 5.36. The summed E-state index contributed by atoms with van der Waals surface area (Å²) in [5.74, 6) is -0.308. The van der Waals surface area contributed by atoms with Crippen LogP contribution in [0, 0.1) is 13.8 Å². The van der Waals surface area contributed by atoms with E-state index in [2.05, 4.69) is 0 Å². The Morgan fingerprint density at radius 1 is 1.24 bits per heavy atom. The Bertz CT molecular complexity index is 405. The van der Waals surface area contributed by atoms with Gasteiger partial charge in [0, 0.05) is 0 Å². The van der Waals surface area contributed by atoms with E-state index in [1.807, 2.05) is 46.8 Å². The molecule has 0 bridgehead atoms. The lowest BCUT2D eigenvalue weighted by Gasteiger charge is -2.21. The van der Waals surface area contributed by atoms with Crippen molar-refractivity contribution in [3.8, 4) is 0 Å². The molecule has 0 fully saturated rings. The minimum absolute atomic E-state index is 0.0176. The van der Waals surface area contributed by atoms with Crippen molar-refractivity contribution in [3.05, 3.63) is 34.4 Å². The molecule has 3 heteroatoms. The van der Waals surface area contributed by atoms with Crippen molar-refractivity contribution in [2.75, 3.05) is 0 Å². The highest BCUT2D eigenvalue weighted by atomic mass is 16.6. The maximum absolute atomic E-state index is 12.0. The van der Waals surface area contributed by atoms with Gasteiger partial charge in [0.2, 0.25) is 0 Å². The normalized spacial score (nSPS) is 11.4. The first-order chi connectivity index (χ1) is 7.74. The number of aryl methyl sites for hydroxylation is 2. The van der Waals surface area contributed by atoms with Crippen LogP contribution in [0.2, 0.25) is 0 Å². The predicted octanol–water partition coefficient (Wildman–Crippen LogP) is 2.75. The molecular weight excluding hydrogens is 216 g/mol. The molecule has 1 N–H and O–H groups in total. The molecule has 1 rings (SSSR count). The van der Waals surface area contributed by atoms with E-state index >= 15 is 0 Å². The fourth-order valence-corrected chi connectivity index (χ4v) is 1.80. The summed E-state index contributed by atoms with van der Waals surface area (Å²) in [6, 6.07) is 3.62. The first-order valence-corrected chi connectivity index (χ1v) is 5.69. The number of esters is 1. The van der Waals surface area contributed by atoms with Gasteiger partial charge in [0.15, 0.2) is 0 Å². The third-order valence-corrected chi connectivity index (χ3v) is 2.38. The molecule has 1 aromatic rings. The van der Waals surface area contributed by atoms with E-state index in [1.54, 1.807) is 0 Å². The van der Waals surface area contributed by atoms with Crippen molar-refractivity contribution >= 4 is 5.97 Å². The summed E-state index contributed by atoms with van der Waals surface area (Å²) in [6.45, 7) is 9.22. The molecule has 0 saturated carbocycles. The second kappa shape index (κ2) is 4.88. The number of aliphatic hydroxyl groups excluding tert-OH is 1. The molecule has 0 heterocycles. The zero-order valence-corrected chi connectivity index (χ0v) is 11.1. The quantitative estimate of drug-likeness (QED) is 0.803. The minimum atomic E-state index is -0.494. The number of benzene rings is 1. The van der Waals surface area contributed by atoms with Gasteiger partial charge in [0.05, 0.1) is 12.2 Å².